The van der Waals surface area contributed by atoms with Crippen LogP contribution in [0.5, 0.6) is 5.75 Å². The molecule has 2 amide bonds. The molecular formula is C23H22N4O4. The van der Waals surface area contributed by atoms with Crippen molar-refractivity contribution in [3.05, 3.63) is 78.0 Å². The van der Waals surface area contributed by atoms with E-state index in [1.54, 1.807) is 13.1 Å². The van der Waals surface area contributed by atoms with Gasteiger partial charge in [0.15, 0.2) is 0 Å². The van der Waals surface area contributed by atoms with Crippen molar-refractivity contribution in [2.45, 2.75) is 19.4 Å². The van der Waals surface area contributed by atoms with Gasteiger partial charge in [-0.1, -0.05) is 48.6 Å². The molecule has 0 saturated heterocycles. The first-order chi connectivity index (χ1) is 14.9. The number of fused-ring (bicyclic) bond motifs is 1. The van der Waals surface area contributed by atoms with Gasteiger partial charge in [-0.15, -0.1) is 10.2 Å². The van der Waals surface area contributed by atoms with Gasteiger partial charge in [-0.05, 0) is 30.2 Å². The van der Waals surface area contributed by atoms with Crippen LogP contribution in [0.25, 0.3) is 5.57 Å². The smallest absolute Gasteiger partial charge is 0.309 e. The molecule has 158 valence electrons. The molecule has 2 heterocycles. The maximum Gasteiger partial charge on any atom is 0.309 e. The van der Waals surface area contributed by atoms with Gasteiger partial charge in [-0.3, -0.25) is 9.59 Å². The normalized spacial score (nSPS) is 15.6. The van der Waals surface area contributed by atoms with Gasteiger partial charge in [0.05, 0.1) is 12.1 Å². The van der Waals surface area contributed by atoms with Crippen molar-refractivity contribution in [2.75, 3.05) is 18.6 Å². The third-order valence-electron chi connectivity index (χ3n) is 5.01. The van der Waals surface area contributed by atoms with Crippen LogP contribution in [0.1, 0.15) is 34.6 Å². The van der Waals surface area contributed by atoms with Gasteiger partial charge in [0.25, 0.3) is 5.91 Å². The molecule has 4 rings (SSSR count). The number of ether oxygens (including phenoxy) is 1. The molecular weight excluding hydrogens is 396 g/mol. The average molecular weight is 418 g/mol. The molecule has 0 saturated carbocycles. The molecule has 1 aromatic heterocycles. The van der Waals surface area contributed by atoms with Crippen LogP contribution in [-0.2, 0) is 11.2 Å². The molecule has 1 atom stereocenters. The summed E-state index contributed by atoms with van der Waals surface area (Å²) in [6.07, 6.45) is 0.412. The number of allylic oxidation sites excluding steroid dienone is 1. The number of anilines is 1. The Bertz CT molecular complexity index is 1140. The Morgan fingerprint density at radius 2 is 2.00 bits per heavy atom. The Morgan fingerprint density at radius 1 is 1.23 bits per heavy atom. The lowest BCUT2D eigenvalue weighted by Gasteiger charge is -2.20. The van der Waals surface area contributed by atoms with E-state index in [0.717, 1.165) is 16.7 Å². The molecule has 8 heteroatoms. The number of hydrogen-bond donors (Lipinski definition) is 1. The summed E-state index contributed by atoms with van der Waals surface area (Å²) in [6.45, 7) is 5.81. The summed E-state index contributed by atoms with van der Waals surface area (Å²) in [5.41, 5.74) is 3.38. The van der Waals surface area contributed by atoms with Crippen molar-refractivity contribution >= 4 is 23.1 Å². The van der Waals surface area contributed by atoms with E-state index in [2.05, 4.69) is 22.1 Å². The number of nitrogens with zero attached hydrogens (tertiary/aromatic N) is 3. The first-order valence-corrected chi connectivity index (χ1v) is 9.80. The van der Waals surface area contributed by atoms with Crippen molar-refractivity contribution in [1.82, 2.24) is 15.5 Å². The highest BCUT2D eigenvalue weighted by atomic mass is 16.5. The molecule has 31 heavy (non-hydrogen) atoms. The van der Waals surface area contributed by atoms with Gasteiger partial charge in [-0.25, -0.2) is 0 Å². The van der Waals surface area contributed by atoms with Crippen molar-refractivity contribution in [3.63, 3.8) is 0 Å². The minimum absolute atomic E-state index is 0.0145. The van der Waals surface area contributed by atoms with E-state index in [1.165, 1.54) is 4.90 Å². The summed E-state index contributed by atoms with van der Waals surface area (Å²) in [4.78, 5) is 27.0. The molecule has 0 fully saturated rings. The van der Waals surface area contributed by atoms with E-state index in [-0.39, 0.29) is 18.4 Å². The van der Waals surface area contributed by atoms with Gasteiger partial charge in [-0.2, -0.15) is 0 Å². The maximum absolute atomic E-state index is 12.9. The largest absolute Gasteiger partial charge is 0.489 e. The number of rotatable bonds is 5. The number of likely N-dealkylation sites (N-methyl/N-ethyl adjacent to an activating group) is 1. The third-order valence-corrected chi connectivity index (χ3v) is 5.01. The van der Waals surface area contributed by atoms with Crippen molar-refractivity contribution in [2.24, 2.45) is 0 Å². The number of carbonyl (C=O) groups excluding carboxylic acids is 2. The zero-order valence-corrected chi connectivity index (χ0v) is 17.3. The minimum Gasteiger partial charge on any atom is -0.489 e. The molecule has 0 spiro atoms. The fourth-order valence-corrected chi connectivity index (χ4v) is 3.27. The molecule has 0 bridgehead atoms. The molecule has 0 unspecified atom stereocenters. The summed E-state index contributed by atoms with van der Waals surface area (Å²) in [6, 6.07) is 14.2. The lowest BCUT2D eigenvalue weighted by atomic mass is 10.1. The van der Waals surface area contributed by atoms with Crippen molar-refractivity contribution in [3.8, 4) is 5.75 Å². The second kappa shape index (κ2) is 8.43. The van der Waals surface area contributed by atoms with E-state index in [4.69, 9.17) is 9.15 Å². The fraction of sp³-hybridized carbons (Fsp3) is 0.217. The highest BCUT2D eigenvalue weighted by Gasteiger charge is 2.32. The summed E-state index contributed by atoms with van der Waals surface area (Å²) < 4.78 is 11.3. The van der Waals surface area contributed by atoms with Crippen LogP contribution in [-0.4, -0.2) is 41.7 Å². The lowest BCUT2D eigenvalue weighted by molar-refractivity contribution is -0.120. The summed E-state index contributed by atoms with van der Waals surface area (Å²) in [5.74, 6) is -0.268. The molecule has 0 aliphatic carbocycles. The topological polar surface area (TPSA) is 97.6 Å². The van der Waals surface area contributed by atoms with Gasteiger partial charge in [0.2, 0.25) is 5.89 Å². The van der Waals surface area contributed by atoms with Crippen molar-refractivity contribution < 1.29 is 18.7 Å². The van der Waals surface area contributed by atoms with Crippen LogP contribution < -0.4 is 15.0 Å². The Kier molecular flexibility index (Phi) is 5.53. The van der Waals surface area contributed by atoms with Gasteiger partial charge in [0, 0.05) is 7.05 Å². The Labute approximate surface area is 179 Å². The predicted octanol–water partition coefficient (Wildman–Crippen LogP) is 2.85. The number of carbonyl (C=O) groups is 2. The standard InChI is InChI=1S/C23H22N4O4/c1-14(2)16-9-10-19-18(12-16)27(3)23(29)17(13-30-19)24-21(28)22-26-25-20(31-22)11-15-7-5-4-6-8-15/h4-10,12,17H,1,11,13H2,2-3H3,(H,24,28)/t17-/m0/s1. The number of aromatic nitrogens is 2. The highest BCUT2D eigenvalue weighted by molar-refractivity contribution is 6.02. The van der Waals surface area contributed by atoms with Crippen molar-refractivity contribution in [1.29, 1.82) is 0 Å². The second-order valence-electron chi connectivity index (χ2n) is 7.36. The maximum atomic E-state index is 12.9. The first kappa shape index (κ1) is 20.3. The molecule has 8 nitrogen and oxygen atoms in total. The highest BCUT2D eigenvalue weighted by Crippen LogP contribution is 2.33. The average Bonchev–Trinajstić information content (AvgIpc) is 3.20. The quantitative estimate of drug-likeness (QED) is 0.684. The lowest BCUT2D eigenvalue weighted by Crippen LogP contribution is -2.49. The Hall–Kier alpha value is -3.94. The molecule has 2 aromatic carbocycles. The summed E-state index contributed by atoms with van der Waals surface area (Å²) in [7, 11) is 1.64. The summed E-state index contributed by atoms with van der Waals surface area (Å²) in [5, 5.41) is 10.4. The van der Waals surface area contributed by atoms with Crippen LogP contribution in [0.3, 0.4) is 0 Å². The monoisotopic (exact) mass is 418 g/mol. The van der Waals surface area contributed by atoms with Crippen LogP contribution in [0.15, 0.2) is 59.5 Å². The molecule has 1 aliphatic heterocycles. The van der Waals surface area contributed by atoms with Crippen LogP contribution in [0.4, 0.5) is 5.69 Å². The van der Waals surface area contributed by atoms with Gasteiger partial charge < -0.3 is 19.4 Å². The third kappa shape index (κ3) is 4.32. The Morgan fingerprint density at radius 3 is 2.74 bits per heavy atom. The molecule has 0 radical (unpaired) electrons. The zero-order valence-electron chi connectivity index (χ0n) is 17.3. The first-order valence-electron chi connectivity index (χ1n) is 9.80. The number of nitrogens with one attached hydrogen (secondary N) is 1. The van der Waals surface area contributed by atoms with Gasteiger partial charge >= 0.3 is 11.8 Å². The molecule has 1 aliphatic rings. The minimum atomic E-state index is -0.900. The van der Waals surface area contributed by atoms with Crippen LogP contribution >= 0.6 is 0 Å². The SMILES string of the molecule is C=C(C)c1ccc2c(c1)N(C)C(=O)[C@@H](NC(=O)c1nnc(Cc3ccccc3)o1)CO2. The van der Waals surface area contributed by atoms with Crippen LogP contribution in [0, 0.1) is 0 Å². The number of hydrogen-bond acceptors (Lipinski definition) is 6. The van der Waals surface area contributed by atoms with Crippen LogP contribution in [0.2, 0.25) is 0 Å². The second-order valence-corrected chi connectivity index (χ2v) is 7.36. The fourth-order valence-electron chi connectivity index (χ4n) is 3.27. The van der Waals surface area contributed by atoms with Gasteiger partial charge in [0.1, 0.15) is 18.4 Å². The number of amides is 2. The van der Waals surface area contributed by atoms with E-state index in [1.807, 2.05) is 49.4 Å². The Balaban J connectivity index is 1.46. The molecule has 3 aromatic rings. The predicted molar refractivity (Wildman–Crippen MR) is 115 cm³/mol. The van der Waals surface area contributed by atoms with E-state index in [9.17, 15) is 9.59 Å². The van der Waals surface area contributed by atoms with E-state index in [0.29, 0.717) is 23.7 Å². The number of benzene rings is 2. The van der Waals surface area contributed by atoms with E-state index < -0.39 is 11.9 Å². The molecule has 1 N–H and O–H groups in total. The zero-order chi connectivity index (χ0) is 22.0. The van der Waals surface area contributed by atoms with E-state index >= 15 is 0 Å². The summed E-state index contributed by atoms with van der Waals surface area (Å²) >= 11 is 0.